The molecule has 6 nitrogen and oxygen atoms in total. The fraction of sp³-hybridized carbons (Fsp3) is 0.649. The van der Waals surface area contributed by atoms with Gasteiger partial charge in [0.2, 0.25) is 0 Å². The molecule has 0 fully saturated rings. The normalized spacial score (nSPS) is 13.0. The van der Waals surface area contributed by atoms with Gasteiger partial charge in [0, 0.05) is 19.3 Å². The molecule has 0 aliphatic rings. The molecule has 0 saturated carbocycles. The first-order valence-corrected chi connectivity index (χ1v) is 34.3. The highest BCUT2D eigenvalue weighted by molar-refractivity contribution is 5.71. The SMILES string of the molecule is CC/C=C\C/C=C\C/C=C\C/C=C\C/C=C\C/C=C\CCCCCCCCCCC(=O)OCC(COC(=O)CCCCCCC/C=C\CCCCCCCC)OC(=O)CCCCCCCCC/C=C\C/C=C\C/C=C\C/C=C\C/C=C\CC. The average molecular weight is 1150 g/mol. The molecule has 0 heterocycles. The fourth-order valence-corrected chi connectivity index (χ4v) is 9.23. The molecule has 0 aromatic carbocycles. The maximum absolute atomic E-state index is 13.0. The number of ether oxygens (including phenoxy) is 3. The summed E-state index contributed by atoms with van der Waals surface area (Å²) in [7, 11) is 0. The van der Waals surface area contributed by atoms with Crippen molar-refractivity contribution in [3.05, 3.63) is 146 Å². The van der Waals surface area contributed by atoms with E-state index in [1.165, 1.54) is 109 Å². The van der Waals surface area contributed by atoms with E-state index < -0.39 is 6.10 Å². The van der Waals surface area contributed by atoms with Crippen molar-refractivity contribution in [2.75, 3.05) is 13.2 Å². The minimum absolute atomic E-state index is 0.0933. The number of carbonyl (C=O) groups is 3. The monoisotopic (exact) mass is 1150 g/mol. The average Bonchev–Trinajstić information content (AvgIpc) is 3.49. The first-order chi connectivity index (χ1) is 41.0. The van der Waals surface area contributed by atoms with Gasteiger partial charge in [-0.2, -0.15) is 0 Å². The molecule has 6 heteroatoms. The first-order valence-electron chi connectivity index (χ1n) is 34.3. The summed E-state index contributed by atoms with van der Waals surface area (Å²) in [6, 6.07) is 0. The molecular weight excluding hydrogens is 1020 g/mol. The lowest BCUT2D eigenvalue weighted by molar-refractivity contribution is -0.167. The van der Waals surface area contributed by atoms with Crippen molar-refractivity contribution in [3.63, 3.8) is 0 Å². The fourth-order valence-electron chi connectivity index (χ4n) is 9.23. The van der Waals surface area contributed by atoms with Gasteiger partial charge in [0.25, 0.3) is 0 Å². The number of allylic oxidation sites excluding steroid dienone is 24. The van der Waals surface area contributed by atoms with Gasteiger partial charge in [-0.3, -0.25) is 14.4 Å². The molecule has 0 aromatic rings. The van der Waals surface area contributed by atoms with Crippen molar-refractivity contribution < 1.29 is 28.6 Å². The van der Waals surface area contributed by atoms with Gasteiger partial charge >= 0.3 is 17.9 Å². The Morgan fingerprint density at radius 2 is 0.470 bits per heavy atom. The van der Waals surface area contributed by atoms with Crippen molar-refractivity contribution in [2.45, 2.75) is 309 Å². The Kier molecular flexibility index (Phi) is 65.8. The quantitative estimate of drug-likeness (QED) is 0.0261. The van der Waals surface area contributed by atoms with Crippen LogP contribution >= 0.6 is 0 Å². The highest BCUT2D eigenvalue weighted by Gasteiger charge is 2.19. The third-order valence-electron chi connectivity index (χ3n) is 14.3. The maximum atomic E-state index is 13.0. The van der Waals surface area contributed by atoms with E-state index in [2.05, 4.69) is 167 Å². The second-order valence-electron chi connectivity index (χ2n) is 22.3. The third-order valence-corrected chi connectivity index (χ3v) is 14.3. The molecule has 0 rings (SSSR count). The molecule has 0 aromatic heterocycles. The van der Waals surface area contributed by atoms with Gasteiger partial charge in [-0.05, 0) is 141 Å². The van der Waals surface area contributed by atoms with Crippen LogP contribution in [0.4, 0.5) is 0 Å². The highest BCUT2D eigenvalue weighted by atomic mass is 16.6. The van der Waals surface area contributed by atoms with E-state index in [0.29, 0.717) is 19.3 Å². The lowest BCUT2D eigenvalue weighted by Gasteiger charge is -2.18. The summed E-state index contributed by atoms with van der Waals surface area (Å²) in [4.78, 5) is 38.5. The molecule has 0 aliphatic heterocycles. The molecule has 0 amide bonds. The van der Waals surface area contributed by atoms with E-state index in [1.807, 2.05) is 0 Å². The van der Waals surface area contributed by atoms with Crippen LogP contribution in [0.5, 0.6) is 0 Å². The lowest BCUT2D eigenvalue weighted by Crippen LogP contribution is -2.30. The lowest BCUT2D eigenvalue weighted by atomic mass is 10.1. The Bertz CT molecular complexity index is 1800. The maximum Gasteiger partial charge on any atom is 0.306 e. The van der Waals surface area contributed by atoms with E-state index in [0.717, 1.165) is 154 Å². The molecule has 1 unspecified atom stereocenters. The number of hydrogen-bond acceptors (Lipinski definition) is 6. The summed E-state index contributed by atoms with van der Waals surface area (Å²) in [6.45, 7) is 6.40. The van der Waals surface area contributed by atoms with Crippen molar-refractivity contribution in [2.24, 2.45) is 0 Å². The summed E-state index contributed by atoms with van der Waals surface area (Å²) in [5.74, 6) is -0.916. The summed E-state index contributed by atoms with van der Waals surface area (Å²) in [6.07, 6.45) is 99.9. The molecule has 470 valence electrons. The van der Waals surface area contributed by atoms with Crippen LogP contribution in [0.3, 0.4) is 0 Å². The Balaban J connectivity index is 4.42. The molecule has 0 saturated heterocycles. The molecule has 0 spiro atoms. The van der Waals surface area contributed by atoms with E-state index in [4.69, 9.17) is 14.2 Å². The van der Waals surface area contributed by atoms with Crippen LogP contribution in [-0.2, 0) is 28.6 Å². The Hall–Kier alpha value is -4.71. The van der Waals surface area contributed by atoms with Crippen molar-refractivity contribution >= 4 is 17.9 Å². The summed E-state index contributed by atoms with van der Waals surface area (Å²) < 4.78 is 17.0. The minimum Gasteiger partial charge on any atom is -0.462 e. The zero-order valence-corrected chi connectivity index (χ0v) is 53.9. The summed E-state index contributed by atoms with van der Waals surface area (Å²) >= 11 is 0. The second-order valence-corrected chi connectivity index (χ2v) is 22.3. The largest absolute Gasteiger partial charge is 0.462 e. The van der Waals surface area contributed by atoms with E-state index in [9.17, 15) is 14.4 Å². The molecule has 0 N–H and O–H groups in total. The Morgan fingerprint density at radius 3 is 0.747 bits per heavy atom. The molecule has 0 radical (unpaired) electrons. The molecule has 1 atom stereocenters. The number of unbranched alkanes of at least 4 members (excludes halogenated alkanes) is 26. The number of rotatable bonds is 61. The first kappa shape index (κ1) is 78.3. The van der Waals surface area contributed by atoms with Crippen LogP contribution in [0.25, 0.3) is 0 Å². The second kappa shape index (κ2) is 69.8. The van der Waals surface area contributed by atoms with Crippen molar-refractivity contribution in [3.8, 4) is 0 Å². The number of esters is 3. The number of hydrogen-bond donors (Lipinski definition) is 0. The molecule has 0 aliphatic carbocycles. The van der Waals surface area contributed by atoms with Gasteiger partial charge in [0.15, 0.2) is 6.10 Å². The van der Waals surface area contributed by atoms with E-state index in [-0.39, 0.29) is 31.1 Å². The Labute approximate surface area is 512 Å². The van der Waals surface area contributed by atoms with Crippen LogP contribution in [0.15, 0.2) is 146 Å². The zero-order chi connectivity index (χ0) is 59.9. The minimum atomic E-state index is -0.799. The molecule has 83 heavy (non-hydrogen) atoms. The summed E-state index contributed by atoms with van der Waals surface area (Å²) in [5.41, 5.74) is 0. The van der Waals surface area contributed by atoms with Crippen LogP contribution < -0.4 is 0 Å². The van der Waals surface area contributed by atoms with E-state index in [1.54, 1.807) is 0 Å². The standard InChI is InChI=1S/C77H126O6/c1-4-7-10-13-16-19-22-25-28-30-32-34-36-37-38-39-41-42-44-46-49-52-55-58-61-64-67-70-76(79)82-73-74(72-81-75(78)69-66-63-60-57-54-51-48-27-24-21-18-15-12-9-6-3)83-77(80)71-68-65-62-59-56-53-50-47-45-43-40-35-33-31-29-26-23-20-17-14-11-8-5-2/h7-8,10-11,16-17,19-20,25-29,32-35,37-38,41-43,45,48,74H,4-6,9,12-15,18,21-24,30-31,36,39-40,44,46-47,49-73H2,1-3H3/b10-7-,11-8-,19-16-,20-17-,28-25-,29-26-,34-32-,35-33-,38-37-,42-41-,45-43-,48-27-. The van der Waals surface area contributed by atoms with Crippen molar-refractivity contribution in [1.82, 2.24) is 0 Å². The molecule has 0 bridgehead atoms. The third kappa shape index (κ3) is 68.0. The van der Waals surface area contributed by atoms with Crippen LogP contribution in [-0.4, -0.2) is 37.2 Å². The van der Waals surface area contributed by atoms with Crippen LogP contribution in [0.2, 0.25) is 0 Å². The van der Waals surface area contributed by atoms with Crippen LogP contribution in [0.1, 0.15) is 303 Å². The van der Waals surface area contributed by atoms with Gasteiger partial charge in [-0.15, -0.1) is 0 Å². The van der Waals surface area contributed by atoms with Gasteiger partial charge in [-0.25, -0.2) is 0 Å². The van der Waals surface area contributed by atoms with Gasteiger partial charge in [-0.1, -0.05) is 289 Å². The molecular formula is C77H126O6. The van der Waals surface area contributed by atoms with Crippen molar-refractivity contribution in [1.29, 1.82) is 0 Å². The topological polar surface area (TPSA) is 78.9 Å². The Morgan fingerprint density at radius 1 is 0.253 bits per heavy atom. The predicted molar refractivity (Wildman–Crippen MR) is 362 cm³/mol. The van der Waals surface area contributed by atoms with Gasteiger partial charge < -0.3 is 14.2 Å². The van der Waals surface area contributed by atoms with Gasteiger partial charge in [0.05, 0.1) is 0 Å². The highest BCUT2D eigenvalue weighted by Crippen LogP contribution is 2.15. The van der Waals surface area contributed by atoms with E-state index >= 15 is 0 Å². The van der Waals surface area contributed by atoms with Gasteiger partial charge in [0.1, 0.15) is 13.2 Å². The smallest absolute Gasteiger partial charge is 0.306 e. The number of carbonyl (C=O) groups excluding carboxylic acids is 3. The van der Waals surface area contributed by atoms with Crippen LogP contribution in [0, 0.1) is 0 Å². The summed E-state index contributed by atoms with van der Waals surface area (Å²) in [5, 5.41) is 0. The predicted octanol–water partition coefficient (Wildman–Crippen LogP) is 23.9. The zero-order valence-electron chi connectivity index (χ0n) is 53.9.